The number of H-pyrrole nitrogens is 1. The number of imidazole rings is 1. The second kappa shape index (κ2) is 5.59. The minimum absolute atomic E-state index is 0.0818. The highest BCUT2D eigenvalue weighted by molar-refractivity contribution is 5.97. The standard InChI is InChI=1S/C21H21N3O2/c1-12-7-14-9-19-15(16(14)10-20(12)25)3-2-6-24(19)21(26)13-4-5-17-18(8-13)23-11-22-17/h4-5,7-8,10-11,15,19,25H,2-3,6,9H2,1H3,(H,22,23)/t15-,19+/m0/s1. The Bertz CT molecular complexity index is 1020. The first-order valence-electron chi connectivity index (χ1n) is 9.18. The van der Waals surface area contributed by atoms with Gasteiger partial charge in [-0.2, -0.15) is 0 Å². The Morgan fingerprint density at radius 1 is 1.31 bits per heavy atom. The van der Waals surface area contributed by atoms with Gasteiger partial charge in [-0.25, -0.2) is 4.98 Å². The Morgan fingerprint density at radius 2 is 2.19 bits per heavy atom. The maximum absolute atomic E-state index is 13.2. The van der Waals surface area contributed by atoms with Gasteiger partial charge in [0.1, 0.15) is 5.75 Å². The van der Waals surface area contributed by atoms with Crippen LogP contribution >= 0.6 is 0 Å². The number of carbonyl (C=O) groups is 1. The predicted molar refractivity (Wildman–Crippen MR) is 99.4 cm³/mol. The van der Waals surface area contributed by atoms with Crippen molar-refractivity contribution in [3.63, 3.8) is 0 Å². The molecule has 3 aromatic rings. The summed E-state index contributed by atoms with van der Waals surface area (Å²) in [4.78, 5) is 22.6. The van der Waals surface area contributed by atoms with Gasteiger partial charge in [0.2, 0.25) is 0 Å². The van der Waals surface area contributed by atoms with Crippen molar-refractivity contribution in [2.75, 3.05) is 6.54 Å². The zero-order chi connectivity index (χ0) is 17.8. The van der Waals surface area contributed by atoms with Crippen LogP contribution in [0.3, 0.4) is 0 Å². The molecule has 132 valence electrons. The summed E-state index contributed by atoms with van der Waals surface area (Å²) in [6.45, 7) is 2.72. The van der Waals surface area contributed by atoms with E-state index in [4.69, 9.17) is 0 Å². The van der Waals surface area contributed by atoms with Crippen LogP contribution in [0.15, 0.2) is 36.7 Å². The lowest BCUT2D eigenvalue weighted by Crippen LogP contribution is -2.46. The summed E-state index contributed by atoms with van der Waals surface area (Å²) in [5, 5.41) is 10.1. The number of benzene rings is 2. The van der Waals surface area contributed by atoms with E-state index in [2.05, 4.69) is 16.0 Å². The molecule has 2 N–H and O–H groups in total. The fourth-order valence-electron chi connectivity index (χ4n) is 4.67. The lowest BCUT2D eigenvalue weighted by Gasteiger charge is -2.38. The van der Waals surface area contributed by atoms with Crippen molar-refractivity contribution in [3.8, 4) is 5.75 Å². The molecule has 0 radical (unpaired) electrons. The summed E-state index contributed by atoms with van der Waals surface area (Å²) >= 11 is 0. The number of aromatic hydroxyl groups is 1. The molecule has 0 bridgehead atoms. The third kappa shape index (κ3) is 2.23. The number of nitrogens with zero attached hydrogens (tertiary/aromatic N) is 2. The van der Waals surface area contributed by atoms with Crippen molar-refractivity contribution < 1.29 is 9.90 Å². The molecule has 5 heteroatoms. The number of fused-ring (bicyclic) bond motifs is 4. The van der Waals surface area contributed by atoms with E-state index in [0.29, 0.717) is 17.2 Å². The van der Waals surface area contributed by atoms with Gasteiger partial charge in [0, 0.05) is 24.1 Å². The summed E-state index contributed by atoms with van der Waals surface area (Å²) in [5.74, 6) is 0.762. The monoisotopic (exact) mass is 347 g/mol. The number of hydrogen-bond donors (Lipinski definition) is 2. The first-order chi connectivity index (χ1) is 12.6. The smallest absolute Gasteiger partial charge is 0.254 e. The number of amides is 1. The van der Waals surface area contributed by atoms with E-state index < -0.39 is 0 Å². The molecule has 2 aliphatic rings. The number of nitrogens with one attached hydrogen (secondary N) is 1. The van der Waals surface area contributed by atoms with Gasteiger partial charge in [-0.1, -0.05) is 6.07 Å². The number of piperidine rings is 1. The number of phenols is 1. The van der Waals surface area contributed by atoms with E-state index in [0.717, 1.165) is 42.4 Å². The third-order valence-corrected chi connectivity index (χ3v) is 5.99. The largest absolute Gasteiger partial charge is 0.508 e. The topological polar surface area (TPSA) is 69.2 Å². The van der Waals surface area contributed by atoms with Crippen molar-refractivity contribution in [1.82, 2.24) is 14.9 Å². The lowest BCUT2D eigenvalue weighted by molar-refractivity contribution is 0.0595. The zero-order valence-electron chi connectivity index (χ0n) is 14.7. The van der Waals surface area contributed by atoms with Gasteiger partial charge < -0.3 is 15.0 Å². The number of likely N-dealkylation sites (tertiary alicyclic amines) is 1. The molecule has 5 nitrogen and oxygen atoms in total. The van der Waals surface area contributed by atoms with Gasteiger partial charge in [0.15, 0.2) is 0 Å². The normalized spacial score (nSPS) is 21.7. The lowest BCUT2D eigenvalue weighted by atomic mass is 9.88. The molecule has 2 heterocycles. The number of hydrogen-bond acceptors (Lipinski definition) is 3. The molecule has 2 atom stereocenters. The summed E-state index contributed by atoms with van der Waals surface area (Å²) in [6, 6.07) is 9.85. The molecule has 5 rings (SSSR count). The van der Waals surface area contributed by atoms with E-state index in [1.807, 2.05) is 36.1 Å². The fourth-order valence-corrected chi connectivity index (χ4v) is 4.67. The number of aromatic amines is 1. The van der Waals surface area contributed by atoms with Crippen molar-refractivity contribution in [1.29, 1.82) is 0 Å². The minimum atomic E-state index is 0.0818. The zero-order valence-corrected chi connectivity index (χ0v) is 14.7. The maximum Gasteiger partial charge on any atom is 0.254 e. The van der Waals surface area contributed by atoms with Gasteiger partial charge in [0.05, 0.1) is 17.4 Å². The Hall–Kier alpha value is -2.82. The van der Waals surface area contributed by atoms with E-state index >= 15 is 0 Å². The average molecular weight is 347 g/mol. The molecule has 26 heavy (non-hydrogen) atoms. The van der Waals surface area contributed by atoms with Crippen LogP contribution < -0.4 is 0 Å². The molecule has 1 saturated heterocycles. The van der Waals surface area contributed by atoms with Gasteiger partial charge in [-0.15, -0.1) is 0 Å². The van der Waals surface area contributed by atoms with Gasteiger partial charge in [-0.05, 0) is 67.1 Å². The van der Waals surface area contributed by atoms with Crippen molar-refractivity contribution in [2.24, 2.45) is 0 Å². The highest BCUT2D eigenvalue weighted by atomic mass is 16.3. The molecule has 0 spiro atoms. The van der Waals surface area contributed by atoms with Crippen LogP contribution in [0.25, 0.3) is 11.0 Å². The Morgan fingerprint density at radius 3 is 3.08 bits per heavy atom. The van der Waals surface area contributed by atoms with Crippen LogP contribution in [0.4, 0.5) is 0 Å². The highest BCUT2D eigenvalue weighted by Crippen LogP contribution is 2.44. The Labute approximate surface area is 151 Å². The second-order valence-corrected chi connectivity index (χ2v) is 7.49. The Kier molecular flexibility index (Phi) is 3.32. The SMILES string of the molecule is Cc1cc2c(cc1O)[C@@H]1CCCN(C(=O)c3ccc4[nH]cnc4c3)[C@@H]1C2. The molecular formula is C21H21N3O2. The number of carbonyl (C=O) groups excluding carboxylic acids is 1. The fraction of sp³-hybridized carbons (Fsp3) is 0.333. The summed E-state index contributed by atoms with van der Waals surface area (Å²) < 4.78 is 0. The van der Waals surface area contributed by atoms with E-state index in [1.54, 1.807) is 6.33 Å². The number of aromatic nitrogens is 2. The van der Waals surface area contributed by atoms with Gasteiger partial charge >= 0.3 is 0 Å². The molecule has 1 amide bonds. The van der Waals surface area contributed by atoms with Crippen molar-refractivity contribution in [2.45, 2.75) is 38.1 Å². The summed E-state index contributed by atoms with van der Waals surface area (Å²) in [6.07, 6.45) is 4.59. The minimum Gasteiger partial charge on any atom is -0.508 e. The molecule has 0 unspecified atom stereocenters. The van der Waals surface area contributed by atoms with Crippen LogP contribution in [-0.2, 0) is 6.42 Å². The van der Waals surface area contributed by atoms with Gasteiger partial charge in [-0.3, -0.25) is 4.79 Å². The van der Waals surface area contributed by atoms with Crippen LogP contribution in [0.5, 0.6) is 5.75 Å². The van der Waals surface area contributed by atoms with Crippen LogP contribution in [0, 0.1) is 6.92 Å². The molecule has 1 fully saturated rings. The van der Waals surface area contributed by atoms with Crippen molar-refractivity contribution in [3.05, 3.63) is 58.9 Å². The molecule has 1 aliphatic heterocycles. The average Bonchev–Trinajstić information content (AvgIpc) is 3.25. The predicted octanol–water partition coefficient (Wildman–Crippen LogP) is 3.52. The second-order valence-electron chi connectivity index (χ2n) is 7.49. The van der Waals surface area contributed by atoms with Crippen LogP contribution in [0.2, 0.25) is 0 Å². The number of rotatable bonds is 1. The number of aryl methyl sites for hydroxylation is 1. The van der Waals surface area contributed by atoms with E-state index in [1.165, 1.54) is 11.1 Å². The van der Waals surface area contributed by atoms with E-state index in [-0.39, 0.29) is 11.9 Å². The molecule has 1 aliphatic carbocycles. The first kappa shape index (κ1) is 15.4. The molecular weight excluding hydrogens is 326 g/mol. The quantitative estimate of drug-likeness (QED) is 0.708. The van der Waals surface area contributed by atoms with Crippen LogP contribution in [-0.4, -0.2) is 38.5 Å². The molecule has 0 saturated carbocycles. The van der Waals surface area contributed by atoms with E-state index in [9.17, 15) is 9.90 Å². The summed E-state index contributed by atoms with van der Waals surface area (Å²) in [7, 11) is 0. The maximum atomic E-state index is 13.2. The highest BCUT2D eigenvalue weighted by Gasteiger charge is 2.41. The molecule has 2 aromatic carbocycles. The third-order valence-electron chi connectivity index (χ3n) is 5.99. The van der Waals surface area contributed by atoms with Crippen LogP contribution in [0.1, 0.15) is 45.8 Å². The van der Waals surface area contributed by atoms with Gasteiger partial charge in [0.25, 0.3) is 5.91 Å². The summed E-state index contributed by atoms with van der Waals surface area (Å²) in [5.41, 5.74) is 5.86. The molecule has 1 aromatic heterocycles. The van der Waals surface area contributed by atoms with Crippen molar-refractivity contribution >= 4 is 16.9 Å². The first-order valence-corrected chi connectivity index (χ1v) is 9.18. The number of phenolic OH excluding ortho intramolecular Hbond substituents is 1. The Balaban J connectivity index is 1.49.